The first-order valence-corrected chi connectivity index (χ1v) is 4.04. The van der Waals surface area contributed by atoms with Gasteiger partial charge in [-0.15, -0.1) is 0 Å². The minimum Gasteiger partial charge on any atom is -0.330 e. The van der Waals surface area contributed by atoms with E-state index in [0.717, 1.165) is 12.1 Å². The Morgan fingerprint density at radius 3 is 3.20 bits per heavy atom. The van der Waals surface area contributed by atoms with Gasteiger partial charge in [-0.3, -0.25) is 0 Å². The van der Waals surface area contributed by atoms with Crippen molar-refractivity contribution in [1.29, 1.82) is 0 Å². The SMILES string of the molecule is NCC/C=C/c1ccsn1. The Balaban J connectivity index is 2.40. The van der Waals surface area contributed by atoms with Crippen molar-refractivity contribution >= 4 is 17.6 Å². The summed E-state index contributed by atoms with van der Waals surface area (Å²) in [5.74, 6) is 0. The molecule has 0 amide bonds. The molecule has 0 atom stereocenters. The Labute approximate surface area is 64.5 Å². The lowest BCUT2D eigenvalue weighted by atomic mass is 10.3. The first kappa shape index (κ1) is 7.44. The predicted octanol–water partition coefficient (Wildman–Crippen LogP) is 1.51. The van der Waals surface area contributed by atoms with Crippen LogP contribution in [0.4, 0.5) is 0 Å². The molecular formula is C7H10N2S. The third kappa shape index (κ3) is 2.29. The molecule has 3 heteroatoms. The second-order valence-electron chi connectivity index (χ2n) is 1.90. The zero-order chi connectivity index (χ0) is 7.23. The monoisotopic (exact) mass is 154 g/mol. The Morgan fingerprint density at radius 2 is 2.60 bits per heavy atom. The number of nitrogens with two attached hydrogens (primary N) is 1. The van der Waals surface area contributed by atoms with Crippen molar-refractivity contribution in [3.63, 3.8) is 0 Å². The molecule has 0 saturated heterocycles. The molecular weight excluding hydrogens is 144 g/mol. The van der Waals surface area contributed by atoms with Crippen LogP contribution in [0.3, 0.4) is 0 Å². The number of nitrogens with zero attached hydrogens (tertiary/aromatic N) is 1. The summed E-state index contributed by atoms with van der Waals surface area (Å²) in [5.41, 5.74) is 6.33. The fourth-order valence-electron chi connectivity index (χ4n) is 0.608. The van der Waals surface area contributed by atoms with E-state index in [-0.39, 0.29) is 0 Å². The molecule has 54 valence electrons. The van der Waals surface area contributed by atoms with Crippen LogP contribution in [0.1, 0.15) is 12.1 Å². The molecule has 0 aliphatic rings. The standard InChI is InChI=1S/C7H10N2S/c8-5-2-1-3-7-4-6-10-9-7/h1,3-4,6H,2,5,8H2/b3-1+. The third-order valence-electron chi connectivity index (χ3n) is 1.08. The Morgan fingerprint density at radius 1 is 1.70 bits per heavy atom. The van der Waals surface area contributed by atoms with E-state index in [2.05, 4.69) is 4.37 Å². The Bertz CT molecular complexity index is 191. The molecule has 0 fully saturated rings. The fraction of sp³-hybridized carbons (Fsp3) is 0.286. The molecule has 2 nitrogen and oxygen atoms in total. The van der Waals surface area contributed by atoms with Crippen LogP contribution in [0.15, 0.2) is 17.5 Å². The summed E-state index contributed by atoms with van der Waals surface area (Å²) in [4.78, 5) is 0. The zero-order valence-electron chi connectivity index (χ0n) is 5.66. The summed E-state index contributed by atoms with van der Waals surface area (Å²) in [6, 6.07) is 1.98. The van der Waals surface area contributed by atoms with Crippen LogP contribution in [-0.4, -0.2) is 10.9 Å². The summed E-state index contributed by atoms with van der Waals surface area (Å²) in [6.07, 6.45) is 4.95. The third-order valence-corrected chi connectivity index (χ3v) is 1.65. The van der Waals surface area contributed by atoms with Gasteiger partial charge in [0.25, 0.3) is 0 Å². The maximum Gasteiger partial charge on any atom is 0.0765 e. The molecule has 0 spiro atoms. The van der Waals surface area contributed by atoms with Crippen LogP contribution in [0.25, 0.3) is 6.08 Å². The molecule has 10 heavy (non-hydrogen) atoms. The quantitative estimate of drug-likeness (QED) is 0.716. The van der Waals surface area contributed by atoms with Crippen molar-refractivity contribution in [2.24, 2.45) is 5.73 Å². The van der Waals surface area contributed by atoms with Crippen LogP contribution in [0.2, 0.25) is 0 Å². The minimum absolute atomic E-state index is 0.709. The molecule has 0 aliphatic carbocycles. The molecule has 1 rings (SSSR count). The van der Waals surface area contributed by atoms with E-state index in [9.17, 15) is 0 Å². The molecule has 1 aromatic heterocycles. The van der Waals surface area contributed by atoms with Gasteiger partial charge in [-0.25, -0.2) is 0 Å². The van der Waals surface area contributed by atoms with Crippen LogP contribution in [-0.2, 0) is 0 Å². The highest BCUT2D eigenvalue weighted by atomic mass is 32.1. The lowest BCUT2D eigenvalue weighted by molar-refractivity contribution is 1.01. The van der Waals surface area contributed by atoms with Gasteiger partial charge >= 0.3 is 0 Å². The van der Waals surface area contributed by atoms with Crippen LogP contribution >= 0.6 is 11.5 Å². The van der Waals surface area contributed by atoms with Gasteiger partial charge in [0.2, 0.25) is 0 Å². The van der Waals surface area contributed by atoms with Gasteiger partial charge in [-0.1, -0.05) is 6.08 Å². The van der Waals surface area contributed by atoms with Gasteiger partial charge in [0.15, 0.2) is 0 Å². The summed E-state index contributed by atoms with van der Waals surface area (Å²) in [5, 5.41) is 1.96. The highest BCUT2D eigenvalue weighted by molar-refractivity contribution is 7.03. The average Bonchev–Trinajstić information content (AvgIpc) is 2.41. The van der Waals surface area contributed by atoms with E-state index in [1.54, 1.807) is 0 Å². The molecule has 0 aromatic carbocycles. The fourth-order valence-corrected chi connectivity index (χ4v) is 1.11. The smallest absolute Gasteiger partial charge is 0.0765 e. The van der Waals surface area contributed by atoms with Crippen LogP contribution in [0.5, 0.6) is 0 Å². The molecule has 0 saturated carbocycles. The molecule has 1 aromatic rings. The summed E-state index contributed by atoms with van der Waals surface area (Å²) in [6.45, 7) is 0.709. The topological polar surface area (TPSA) is 38.9 Å². The maximum absolute atomic E-state index is 5.30. The highest BCUT2D eigenvalue weighted by Crippen LogP contribution is 2.01. The number of hydrogen-bond acceptors (Lipinski definition) is 3. The van der Waals surface area contributed by atoms with E-state index in [1.807, 2.05) is 23.6 Å². The summed E-state index contributed by atoms with van der Waals surface area (Å²) in [7, 11) is 0. The molecule has 1 heterocycles. The molecule has 0 radical (unpaired) electrons. The van der Waals surface area contributed by atoms with Gasteiger partial charge in [0.1, 0.15) is 0 Å². The normalized spacial score (nSPS) is 10.9. The molecule has 0 bridgehead atoms. The Kier molecular flexibility index (Phi) is 3.12. The summed E-state index contributed by atoms with van der Waals surface area (Å²) >= 11 is 1.47. The number of aromatic nitrogens is 1. The first-order valence-electron chi connectivity index (χ1n) is 3.20. The largest absolute Gasteiger partial charge is 0.330 e. The molecule has 2 N–H and O–H groups in total. The maximum atomic E-state index is 5.30. The Hall–Kier alpha value is -0.670. The van der Waals surface area contributed by atoms with Gasteiger partial charge < -0.3 is 5.73 Å². The average molecular weight is 154 g/mol. The van der Waals surface area contributed by atoms with E-state index < -0.39 is 0 Å². The van der Waals surface area contributed by atoms with Gasteiger partial charge in [0.05, 0.1) is 5.69 Å². The van der Waals surface area contributed by atoms with Crippen LogP contribution < -0.4 is 5.73 Å². The van der Waals surface area contributed by atoms with Crippen molar-refractivity contribution < 1.29 is 0 Å². The highest BCUT2D eigenvalue weighted by Gasteiger charge is 1.84. The van der Waals surface area contributed by atoms with Gasteiger partial charge in [-0.2, -0.15) is 4.37 Å². The number of hydrogen-bond donors (Lipinski definition) is 1. The van der Waals surface area contributed by atoms with Gasteiger partial charge in [-0.05, 0) is 36.6 Å². The van der Waals surface area contributed by atoms with E-state index in [4.69, 9.17) is 5.73 Å². The predicted molar refractivity (Wildman–Crippen MR) is 44.8 cm³/mol. The van der Waals surface area contributed by atoms with Crippen molar-refractivity contribution in [2.45, 2.75) is 6.42 Å². The van der Waals surface area contributed by atoms with Gasteiger partial charge in [0, 0.05) is 5.38 Å². The molecule has 0 unspecified atom stereocenters. The van der Waals surface area contributed by atoms with E-state index >= 15 is 0 Å². The second-order valence-corrected chi connectivity index (χ2v) is 2.57. The van der Waals surface area contributed by atoms with Crippen LogP contribution in [0, 0.1) is 0 Å². The lowest BCUT2D eigenvalue weighted by Gasteiger charge is -1.82. The van der Waals surface area contributed by atoms with E-state index in [0.29, 0.717) is 6.54 Å². The molecule has 0 aliphatic heterocycles. The van der Waals surface area contributed by atoms with Crippen molar-refractivity contribution in [3.05, 3.63) is 23.2 Å². The first-order chi connectivity index (χ1) is 4.93. The summed E-state index contributed by atoms with van der Waals surface area (Å²) < 4.78 is 4.10. The van der Waals surface area contributed by atoms with E-state index in [1.165, 1.54) is 11.5 Å². The number of rotatable bonds is 3. The zero-order valence-corrected chi connectivity index (χ0v) is 6.47. The van der Waals surface area contributed by atoms with Crippen molar-refractivity contribution in [3.8, 4) is 0 Å². The van der Waals surface area contributed by atoms with Crippen molar-refractivity contribution in [2.75, 3.05) is 6.54 Å². The van der Waals surface area contributed by atoms with Crippen molar-refractivity contribution in [1.82, 2.24) is 4.37 Å². The minimum atomic E-state index is 0.709. The lowest BCUT2D eigenvalue weighted by Crippen LogP contribution is -1.94. The second kappa shape index (κ2) is 4.19.